The van der Waals surface area contributed by atoms with E-state index in [9.17, 15) is 0 Å². The Hall–Kier alpha value is -1.02. The number of aliphatic imine (C=N–C) groups is 1. The van der Waals surface area contributed by atoms with Crippen LogP contribution in [0.1, 0.15) is 19.4 Å². The van der Waals surface area contributed by atoms with Crippen LogP contribution in [0.15, 0.2) is 41.5 Å². The van der Waals surface area contributed by atoms with Crippen molar-refractivity contribution in [1.29, 1.82) is 0 Å². The predicted octanol–water partition coefficient (Wildman–Crippen LogP) is 3.66. The number of benzene rings is 1. The van der Waals surface area contributed by atoms with E-state index in [-0.39, 0.29) is 28.7 Å². The van der Waals surface area contributed by atoms with Crippen LogP contribution >= 0.6 is 35.7 Å². The Balaban J connectivity index is 0.00000264. The second-order valence-corrected chi connectivity index (χ2v) is 7.24. The number of nitrogens with zero attached hydrogens (tertiary/aromatic N) is 2. The van der Waals surface area contributed by atoms with Crippen LogP contribution in [0.3, 0.4) is 0 Å². The van der Waals surface area contributed by atoms with E-state index in [1.807, 2.05) is 36.2 Å². The lowest BCUT2D eigenvalue weighted by atomic mass is 10.1. The molecule has 0 atom stereocenters. The summed E-state index contributed by atoms with van der Waals surface area (Å²) < 4.78 is 0.182. The summed E-state index contributed by atoms with van der Waals surface area (Å²) in [6.45, 7) is 6.02. The van der Waals surface area contributed by atoms with Crippen LogP contribution in [0.5, 0.6) is 0 Å². The normalized spacial score (nSPS) is 11.9. The van der Waals surface area contributed by atoms with Crippen molar-refractivity contribution in [2.75, 3.05) is 19.8 Å². The molecule has 126 valence electrons. The maximum absolute atomic E-state index is 4.39. The highest BCUT2D eigenvalue weighted by Gasteiger charge is 2.16. The van der Waals surface area contributed by atoms with Gasteiger partial charge in [-0.1, -0.05) is 18.2 Å². The van der Waals surface area contributed by atoms with E-state index in [0.717, 1.165) is 24.6 Å². The van der Waals surface area contributed by atoms with Gasteiger partial charge in [0.05, 0.1) is 5.52 Å². The Morgan fingerprint density at radius 3 is 2.65 bits per heavy atom. The molecule has 0 saturated carbocycles. The maximum Gasteiger partial charge on any atom is 0.191 e. The lowest BCUT2D eigenvalue weighted by Crippen LogP contribution is -2.43. The number of nitrogens with one attached hydrogen (secondary N) is 2. The van der Waals surface area contributed by atoms with Crippen molar-refractivity contribution in [2.24, 2.45) is 4.99 Å². The minimum absolute atomic E-state index is 0. The zero-order chi connectivity index (χ0) is 16.0. The van der Waals surface area contributed by atoms with Gasteiger partial charge >= 0.3 is 0 Å². The van der Waals surface area contributed by atoms with Crippen molar-refractivity contribution in [3.05, 3.63) is 42.1 Å². The maximum atomic E-state index is 4.39. The van der Waals surface area contributed by atoms with Crippen LogP contribution in [-0.2, 0) is 6.54 Å². The van der Waals surface area contributed by atoms with Crippen LogP contribution in [-0.4, -0.2) is 35.5 Å². The van der Waals surface area contributed by atoms with Gasteiger partial charge in [-0.05, 0) is 37.8 Å². The fourth-order valence-corrected chi connectivity index (χ4v) is 2.29. The highest BCUT2D eigenvalue weighted by molar-refractivity contribution is 14.0. The minimum atomic E-state index is 0. The molecule has 0 amide bonds. The number of fused-ring (bicyclic) bond motifs is 1. The molecule has 1 aromatic heterocycles. The number of thioether (sulfide) groups is 1. The quantitative estimate of drug-likeness (QED) is 0.420. The van der Waals surface area contributed by atoms with Gasteiger partial charge in [0, 0.05) is 36.5 Å². The van der Waals surface area contributed by atoms with Crippen LogP contribution in [0.2, 0.25) is 0 Å². The average molecular weight is 444 g/mol. The first-order chi connectivity index (χ1) is 10.6. The Kier molecular flexibility index (Phi) is 8.11. The molecule has 2 aromatic rings. The molecule has 23 heavy (non-hydrogen) atoms. The van der Waals surface area contributed by atoms with E-state index in [4.69, 9.17) is 0 Å². The summed E-state index contributed by atoms with van der Waals surface area (Å²) in [5.74, 6) is 0.822. The minimum Gasteiger partial charge on any atom is -0.355 e. The Bertz CT molecular complexity index is 653. The second-order valence-electron chi connectivity index (χ2n) is 5.73. The van der Waals surface area contributed by atoms with Gasteiger partial charge in [-0.2, -0.15) is 11.8 Å². The lowest BCUT2D eigenvalue weighted by Gasteiger charge is -2.23. The van der Waals surface area contributed by atoms with Gasteiger partial charge in [-0.25, -0.2) is 0 Å². The molecule has 0 aliphatic rings. The molecule has 0 spiro atoms. The highest BCUT2D eigenvalue weighted by atomic mass is 127. The van der Waals surface area contributed by atoms with Gasteiger partial charge in [0.1, 0.15) is 0 Å². The monoisotopic (exact) mass is 444 g/mol. The standard InChI is InChI=1S/C17H24N4S.HI/c1-17(2,22-4)12-21-16(18-3)20-11-13-9-10-19-15-8-6-5-7-14(13)15;/h5-10H,11-12H2,1-4H3,(H2,18,20,21);1H. The SMILES string of the molecule is CN=C(NCc1ccnc2ccccc12)NCC(C)(C)SC.I. The van der Waals surface area contributed by atoms with E-state index in [1.165, 1.54) is 10.9 Å². The number of para-hydroxylation sites is 1. The largest absolute Gasteiger partial charge is 0.355 e. The van der Waals surface area contributed by atoms with E-state index >= 15 is 0 Å². The molecule has 0 radical (unpaired) electrons. The van der Waals surface area contributed by atoms with Gasteiger partial charge in [-0.3, -0.25) is 9.98 Å². The molecule has 0 saturated heterocycles. The predicted molar refractivity (Wildman–Crippen MR) is 113 cm³/mol. The first-order valence-corrected chi connectivity index (χ1v) is 8.60. The summed E-state index contributed by atoms with van der Waals surface area (Å²) in [5, 5.41) is 7.94. The van der Waals surface area contributed by atoms with Crippen LogP contribution in [0.25, 0.3) is 10.9 Å². The molecule has 0 bridgehead atoms. The molecular weight excluding hydrogens is 419 g/mol. The van der Waals surface area contributed by atoms with Crippen molar-refractivity contribution in [2.45, 2.75) is 25.1 Å². The zero-order valence-electron chi connectivity index (χ0n) is 14.1. The van der Waals surface area contributed by atoms with Gasteiger partial charge in [0.25, 0.3) is 0 Å². The number of pyridine rings is 1. The molecule has 6 heteroatoms. The molecule has 2 rings (SSSR count). The van der Waals surface area contributed by atoms with E-state index in [0.29, 0.717) is 0 Å². The van der Waals surface area contributed by atoms with Crippen molar-refractivity contribution < 1.29 is 0 Å². The summed E-state index contributed by atoms with van der Waals surface area (Å²) in [4.78, 5) is 8.68. The highest BCUT2D eigenvalue weighted by Crippen LogP contribution is 2.19. The Morgan fingerprint density at radius 1 is 1.22 bits per heavy atom. The van der Waals surface area contributed by atoms with Crippen LogP contribution in [0.4, 0.5) is 0 Å². The van der Waals surface area contributed by atoms with Crippen molar-refractivity contribution in [3.63, 3.8) is 0 Å². The van der Waals surface area contributed by atoms with Gasteiger partial charge in [0.2, 0.25) is 0 Å². The van der Waals surface area contributed by atoms with Gasteiger partial charge in [-0.15, -0.1) is 24.0 Å². The van der Waals surface area contributed by atoms with E-state index in [2.05, 4.69) is 52.8 Å². The Morgan fingerprint density at radius 2 is 1.96 bits per heavy atom. The average Bonchev–Trinajstić information content (AvgIpc) is 2.55. The van der Waals surface area contributed by atoms with Gasteiger partial charge < -0.3 is 10.6 Å². The van der Waals surface area contributed by atoms with E-state index < -0.39 is 0 Å². The van der Waals surface area contributed by atoms with Crippen molar-refractivity contribution >= 4 is 52.6 Å². The summed E-state index contributed by atoms with van der Waals surface area (Å²) in [7, 11) is 1.80. The third kappa shape index (κ3) is 5.84. The van der Waals surface area contributed by atoms with E-state index in [1.54, 1.807) is 7.05 Å². The number of guanidine groups is 1. The number of hydrogen-bond donors (Lipinski definition) is 2. The first kappa shape index (κ1) is 20.0. The summed E-state index contributed by atoms with van der Waals surface area (Å²) >= 11 is 1.84. The molecule has 2 N–H and O–H groups in total. The summed E-state index contributed by atoms with van der Waals surface area (Å²) in [6.07, 6.45) is 3.98. The number of rotatable bonds is 5. The van der Waals surface area contributed by atoms with Crippen LogP contribution < -0.4 is 10.6 Å². The van der Waals surface area contributed by atoms with Crippen molar-refractivity contribution in [3.8, 4) is 0 Å². The summed E-state index contributed by atoms with van der Waals surface area (Å²) in [5.41, 5.74) is 2.24. The molecule has 0 aliphatic carbocycles. The number of halogens is 1. The summed E-state index contributed by atoms with van der Waals surface area (Å²) in [6, 6.07) is 10.2. The number of aromatic nitrogens is 1. The fraction of sp³-hybridized carbons (Fsp3) is 0.412. The zero-order valence-corrected chi connectivity index (χ0v) is 17.2. The molecule has 1 aromatic carbocycles. The fourth-order valence-electron chi connectivity index (χ4n) is 2.08. The molecule has 0 aliphatic heterocycles. The van der Waals surface area contributed by atoms with Crippen LogP contribution in [0, 0.1) is 0 Å². The Labute approximate surface area is 160 Å². The molecule has 1 heterocycles. The third-order valence-electron chi connectivity index (χ3n) is 3.64. The third-order valence-corrected chi connectivity index (χ3v) is 4.89. The first-order valence-electron chi connectivity index (χ1n) is 7.38. The second kappa shape index (κ2) is 9.32. The topological polar surface area (TPSA) is 49.3 Å². The molecular formula is C17H25IN4S. The smallest absolute Gasteiger partial charge is 0.191 e. The molecule has 0 fully saturated rings. The van der Waals surface area contributed by atoms with Gasteiger partial charge in [0.15, 0.2) is 5.96 Å². The lowest BCUT2D eigenvalue weighted by molar-refractivity contribution is 0.664. The molecule has 0 unspecified atom stereocenters. The molecule has 4 nitrogen and oxygen atoms in total. The van der Waals surface area contributed by atoms with Crippen molar-refractivity contribution in [1.82, 2.24) is 15.6 Å². The number of hydrogen-bond acceptors (Lipinski definition) is 3.